The quantitative estimate of drug-likeness (QED) is 0.448. The molecule has 0 aromatic carbocycles. The van der Waals surface area contributed by atoms with Gasteiger partial charge in [-0.05, 0) is 0 Å². The predicted molar refractivity (Wildman–Crippen MR) is 18.8 cm³/mol. The molecule has 0 saturated carbocycles. The molecule has 4 N–H and O–H groups in total. The fourth-order valence-electron chi connectivity index (χ4n) is 0. The van der Waals surface area contributed by atoms with E-state index in [2.05, 4.69) is 15.9 Å². The van der Waals surface area contributed by atoms with E-state index in [0.29, 0.717) is 13.1 Å². The molecule has 0 aliphatic rings. The summed E-state index contributed by atoms with van der Waals surface area (Å²) in [4.78, 5) is 0. The summed E-state index contributed by atoms with van der Waals surface area (Å²) in [7, 11) is 0. The Morgan fingerprint density at radius 1 is 1.17 bits per heavy atom. The second-order valence-corrected chi connectivity index (χ2v) is 0.577. The van der Waals surface area contributed by atoms with Gasteiger partial charge in [0.2, 0.25) is 0 Å². The van der Waals surface area contributed by atoms with Gasteiger partial charge in [0.15, 0.2) is 0 Å². The molecule has 43 valence electrons. The molecule has 0 aromatic heterocycles. The molecule has 0 aliphatic carbocycles. The maximum atomic E-state index is 7.81. The summed E-state index contributed by atoms with van der Waals surface area (Å²) < 4.78 is 7.81. The van der Waals surface area contributed by atoms with Crippen molar-refractivity contribution in [1.82, 2.24) is 0 Å². The van der Waals surface area contributed by atoms with Gasteiger partial charge in [-0.2, -0.15) is 0 Å². The molecule has 0 saturated heterocycles. The third-order valence-electron chi connectivity index (χ3n) is 0.167. The Morgan fingerprint density at radius 3 is 1.33 bits per heavy atom. The first-order valence-electron chi connectivity index (χ1n) is 1.44. The number of rotatable bonds is 1. The molecule has 0 atom stereocenters. The van der Waals surface area contributed by atoms with Crippen molar-refractivity contribution in [3.63, 3.8) is 0 Å². The molecule has 0 aliphatic heterocycles. The van der Waals surface area contributed by atoms with Gasteiger partial charge in [0, 0.05) is 13.1 Å². The summed E-state index contributed by atoms with van der Waals surface area (Å²) in [6.45, 7) is 1.19. The summed E-state index contributed by atoms with van der Waals surface area (Å²) in [6.07, 6.45) is 0. The van der Waals surface area contributed by atoms with E-state index >= 15 is 0 Å². The van der Waals surface area contributed by atoms with Gasteiger partial charge in [-0.1, -0.05) is 0 Å². The van der Waals surface area contributed by atoms with Gasteiger partial charge >= 0.3 is 19.8 Å². The minimum atomic E-state index is 0.597. The van der Waals surface area contributed by atoms with E-state index in [0.717, 1.165) is 0 Å². The molecule has 4 heteroatoms. The fraction of sp³-hybridized carbons (Fsp3) is 1.00. The molecule has 0 unspecified atom stereocenters. The molecule has 0 bridgehead atoms. The van der Waals surface area contributed by atoms with Crippen LogP contribution in [-0.2, 0) is 19.8 Å². The van der Waals surface area contributed by atoms with Crippen LogP contribution in [0.5, 0.6) is 0 Å². The Morgan fingerprint density at radius 2 is 1.33 bits per heavy atom. The van der Waals surface area contributed by atoms with Crippen LogP contribution >= 0.6 is 0 Å². The van der Waals surface area contributed by atoms with Crippen LogP contribution in [0.25, 0.3) is 0 Å². The summed E-state index contributed by atoms with van der Waals surface area (Å²) in [5.41, 5.74) is 9.81. The third kappa shape index (κ3) is 29.0. The van der Waals surface area contributed by atoms with Crippen LogP contribution in [0.15, 0.2) is 0 Å². The van der Waals surface area contributed by atoms with Crippen molar-refractivity contribution in [1.29, 1.82) is 0 Å². The average molecular weight is 140 g/mol. The van der Waals surface area contributed by atoms with Crippen LogP contribution in [0.2, 0.25) is 0 Å². The Labute approximate surface area is 45.1 Å². The van der Waals surface area contributed by atoms with E-state index in [-0.39, 0.29) is 0 Å². The average Bonchev–Trinajstić information content (AvgIpc) is 1.72. The zero-order valence-corrected chi connectivity index (χ0v) is 4.22. The monoisotopic (exact) mass is 139 g/mol. The molecule has 0 spiro atoms. The van der Waals surface area contributed by atoms with Crippen LogP contribution in [0.4, 0.5) is 0 Å². The van der Waals surface area contributed by atoms with E-state index in [1.807, 2.05) is 0 Å². The van der Waals surface area contributed by atoms with Crippen molar-refractivity contribution in [2.24, 2.45) is 11.5 Å². The Hall–Kier alpha value is 0.239. The van der Waals surface area contributed by atoms with Crippen LogP contribution in [0.1, 0.15) is 0 Å². The Kier molecular flexibility index (Phi) is 29.8. The first-order valence-corrected chi connectivity index (χ1v) is 1.82. The Bertz CT molecular complexity index is 19.0. The first kappa shape index (κ1) is 9.53. The predicted octanol–water partition coefficient (Wildman–Crippen LogP) is -1.22. The minimum absolute atomic E-state index is 0.597. The van der Waals surface area contributed by atoms with Crippen molar-refractivity contribution < 1.29 is 19.8 Å². The van der Waals surface area contributed by atoms with E-state index in [4.69, 9.17) is 15.3 Å². The number of nitrogens with two attached hydrogens (primary N) is 2. The van der Waals surface area contributed by atoms with Gasteiger partial charge < -0.3 is 11.5 Å². The summed E-state index contributed by atoms with van der Waals surface area (Å²) in [5.74, 6) is 0. The van der Waals surface area contributed by atoms with Crippen molar-refractivity contribution in [3.05, 3.63) is 0 Å². The SMILES string of the molecule is NCCN.[O]=[Cu]. The van der Waals surface area contributed by atoms with Gasteiger partial charge in [-0.3, -0.25) is 0 Å². The summed E-state index contributed by atoms with van der Waals surface area (Å²) in [5, 5.41) is 0. The molecule has 6 heavy (non-hydrogen) atoms. The van der Waals surface area contributed by atoms with Gasteiger partial charge in [-0.15, -0.1) is 0 Å². The normalized spacial score (nSPS) is 6.00. The van der Waals surface area contributed by atoms with E-state index in [1.165, 1.54) is 0 Å². The zero-order valence-electron chi connectivity index (χ0n) is 3.28. The van der Waals surface area contributed by atoms with Crippen LogP contribution < -0.4 is 11.5 Å². The van der Waals surface area contributed by atoms with E-state index in [1.54, 1.807) is 0 Å². The van der Waals surface area contributed by atoms with Crippen molar-refractivity contribution in [2.75, 3.05) is 13.1 Å². The number of hydrogen-bond acceptors (Lipinski definition) is 3. The molecule has 0 heterocycles. The second kappa shape index (κ2) is 18.8. The standard InChI is InChI=1S/C2H8N2.Cu.O/c3-1-2-4;;/h1-4H2;;. The Balaban J connectivity index is 0. The van der Waals surface area contributed by atoms with Crippen LogP contribution in [0.3, 0.4) is 0 Å². The molecular formula is C2H8CuN2O. The zero-order chi connectivity index (χ0) is 5.41. The molecular weight excluding hydrogens is 132 g/mol. The van der Waals surface area contributed by atoms with E-state index in [9.17, 15) is 0 Å². The summed E-state index contributed by atoms with van der Waals surface area (Å²) >= 11 is 2.94. The maximum absolute atomic E-state index is 7.81. The summed E-state index contributed by atoms with van der Waals surface area (Å²) in [6, 6.07) is 0. The molecule has 0 amide bonds. The molecule has 0 aromatic rings. The van der Waals surface area contributed by atoms with Crippen LogP contribution in [0, 0.1) is 0 Å². The molecule has 0 fully saturated rings. The molecule has 0 radical (unpaired) electrons. The third-order valence-corrected chi connectivity index (χ3v) is 0.167. The van der Waals surface area contributed by atoms with Crippen LogP contribution in [-0.4, -0.2) is 13.1 Å². The van der Waals surface area contributed by atoms with Crippen molar-refractivity contribution >= 4 is 0 Å². The first-order chi connectivity index (χ1) is 2.91. The van der Waals surface area contributed by atoms with Crippen molar-refractivity contribution in [2.45, 2.75) is 0 Å². The molecule has 0 rings (SSSR count). The number of hydrogen-bond donors (Lipinski definition) is 2. The van der Waals surface area contributed by atoms with Gasteiger partial charge in [0.1, 0.15) is 0 Å². The van der Waals surface area contributed by atoms with E-state index < -0.39 is 0 Å². The van der Waals surface area contributed by atoms with Gasteiger partial charge in [0.25, 0.3) is 0 Å². The fourth-order valence-corrected chi connectivity index (χ4v) is 0. The van der Waals surface area contributed by atoms with Gasteiger partial charge in [-0.25, -0.2) is 0 Å². The topological polar surface area (TPSA) is 69.1 Å². The molecule has 3 nitrogen and oxygen atoms in total. The van der Waals surface area contributed by atoms with Crippen molar-refractivity contribution in [3.8, 4) is 0 Å². The van der Waals surface area contributed by atoms with Gasteiger partial charge in [0.05, 0.1) is 0 Å². The second-order valence-electron chi connectivity index (χ2n) is 0.577.